The van der Waals surface area contributed by atoms with Gasteiger partial charge in [-0.25, -0.2) is 0 Å². The zero-order valence-electron chi connectivity index (χ0n) is 15.5. The summed E-state index contributed by atoms with van der Waals surface area (Å²) in [4.78, 5) is 27.1. The molecule has 0 saturated carbocycles. The molecule has 0 spiro atoms. The predicted molar refractivity (Wildman–Crippen MR) is 106 cm³/mol. The fourth-order valence-electron chi connectivity index (χ4n) is 3.43. The summed E-state index contributed by atoms with van der Waals surface area (Å²) >= 11 is 6.35. The minimum Gasteiger partial charge on any atom is -0.395 e. The first-order valence-corrected chi connectivity index (χ1v) is 9.39. The molecule has 0 aliphatic carbocycles. The van der Waals surface area contributed by atoms with Crippen LogP contribution in [0.15, 0.2) is 35.3 Å². The van der Waals surface area contributed by atoms with Gasteiger partial charge in [0.1, 0.15) is 5.02 Å². The van der Waals surface area contributed by atoms with E-state index in [4.69, 9.17) is 16.7 Å². The molecule has 1 aromatic heterocycles. The van der Waals surface area contributed by atoms with Crippen LogP contribution in [0.1, 0.15) is 12.8 Å². The molecule has 3 rings (SSSR count). The van der Waals surface area contributed by atoms with Crippen molar-refractivity contribution in [3.8, 4) is 5.69 Å². The maximum Gasteiger partial charge on any atom is 0.292 e. The average molecular weight is 408 g/mol. The van der Waals surface area contributed by atoms with Crippen LogP contribution in [0.4, 0.5) is 11.4 Å². The van der Waals surface area contributed by atoms with Gasteiger partial charge in [0.25, 0.3) is 11.2 Å². The summed E-state index contributed by atoms with van der Waals surface area (Å²) in [6.07, 6.45) is 3.36. The van der Waals surface area contributed by atoms with E-state index in [1.54, 1.807) is 6.20 Å². The summed E-state index contributed by atoms with van der Waals surface area (Å²) in [5, 5.41) is 24.1. The molecule has 1 N–H and O–H groups in total. The Balaban J connectivity index is 1.78. The highest BCUT2D eigenvalue weighted by atomic mass is 35.5. The number of rotatable bonds is 6. The molecule has 0 radical (unpaired) electrons. The molecule has 0 atom stereocenters. The lowest BCUT2D eigenvalue weighted by Crippen LogP contribution is -2.44. The maximum absolute atomic E-state index is 12.7. The van der Waals surface area contributed by atoms with E-state index in [0.29, 0.717) is 24.0 Å². The first-order valence-electron chi connectivity index (χ1n) is 9.01. The van der Waals surface area contributed by atoms with Crippen LogP contribution in [0.2, 0.25) is 5.02 Å². The summed E-state index contributed by atoms with van der Waals surface area (Å²) in [7, 11) is 2.00. The quantitative estimate of drug-likeness (QED) is 0.573. The van der Waals surface area contributed by atoms with E-state index in [9.17, 15) is 14.9 Å². The number of benzene rings is 1. The molecule has 1 saturated heterocycles. The fourth-order valence-corrected chi connectivity index (χ4v) is 3.68. The number of anilines is 1. The van der Waals surface area contributed by atoms with Gasteiger partial charge in [0, 0.05) is 37.8 Å². The Kier molecular flexibility index (Phi) is 6.28. The Hall–Kier alpha value is -2.49. The molecule has 1 aromatic carbocycles. The third kappa shape index (κ3) is 4.16. The largest absolute Gasteiger partial charge is 0.395 e. The minimum absolute atomic E-state index is 0.0615. The zero-order chi connectivity index (χ0) is 20.3. The van der Waals surface area contributed by atoms with Crippen LogP contribution in [0.3, 0.4) is 0 Å². The second-order valence-corrected chi connectivity index (χ2v) is 7.13. The van der Waals surface area contributed by atoms with Crippen molar-refractivity contribution in [1.29, 1.82) is 0 Å². The molecule has 10 heteroatoms. The lowest BCUT2D eigenvalue weighted by atomic mass is 10.0. The normalized spacial score (nSPS) is 15.2. The zero-order valence-corrected chi connectivity index (χ0v) is 16.2. The van der Waals surface area contributed by atoms with E-state index >= 15 is 0 Å². The van der Waals surface area contributed by atoms with Crippen LogP contribution in [0.5, 0.6) is 0 Å². The van der Waals surface area contributed by atoms with E-state index in [-0.39, 0.29) is 17.3 Å². The number of aliphatic hydroxyl groups is 1. The lowest BCUT2D eigenvalue weighted by molar-refractivity contribution is -0.384. The van der Waals surface area contributed by atoms with Gasteiger partial charge in [-0.3, -0.25) is 14.9 Å². The number of non-ortho nitro benzene ring substituents is 1. The monoisotopic (exact) mass is 407 g/mol. The summed E-state index contributed by atoms with van der Waals surface area (Å²) in [5.74, 6) is 0. The first kappa shape index (κ1) is 20.2. The highest BCUT2D eigenvalue weighted by molar-refractivity contribution is 6.33. The highest BCUT2D eigenvalue weighted by Gasteiger charge is 2.25. The summed E-state index contributed by atoms with van der Waals surface area (Å²) in [5.41, 5.74) is 0.475. The Labute approximate surface area is 166 Å². The van der Waals surface area contributed by atoms with Crippen molar-refractivity contribution in [1.82, 2.24) is 14.7 Å². The summed E-state index contributed by atoms with van der Waals surface area (Å²) in [6.45, 7) is 2.25. The molecule has 0 amide bonds. The van der Waals surface area contributed by atoms with Crippen LogP contribution in [-0.2, 0) is 0 Å². The number of aromatic nitrogens is 2. The predicted octanol–water partition coefficient (Wildman–Crippen LogP) is 1.69. The van der Waals surface area contributed by atoms with Gasteiger partial charge < -0.3 is 14.9 Å². The SMILES string of the molecule is CN(CCO)C1CCN(c2cnn(-c3ccc([N+](=O)[O-])cc3)c(=O)c2Cl)CC1. The Bertz CT molecular complexity index is 894. The van der Waals surface area contributed by atoms with Gasteiger partial charge in [0.15, 0.2) is 0 Å². The minimum atomic E-state index is -0.502. The molecule has 2 heterocycles. The molecular formula is C18H22ClN5O4. The van der Waals surface area contributed by atoms with Crippen LogP contribution >= 0.6 is 11.6 Å². The molecule has 1 aliphatic rings. The van der Waals surface area contributed by atoms with Crippen LogP contribution in [0.25, 0.3) is 5.69 Å². The third-order valence-corrected chi connectivity index (χ3v) is 5.44. The van der Waals surface area contributed by atoms with Gasteiger partial charge in [-0.2, -0.15) is 9.78 Å². The van der Waals surface area contributed by atoms with Crippen molar-refractivity contribution in [3.05, 3.63) is 56.0 Å². The van der Waals surface area contributed by atoms with Crippen molar-refractivity contribution in [2.24, 2.45) is 0 Å². The number of aliphatic hydroxyl groups excluding tert-OH is 1. The summed E-state index contributed by atoms with van der Waals surface area (Å²) in [6, 6.07) is 5.95. The number of hydrogen-bond acceptors (Lipinski definition) is 7. The van der Waals surface area contributed by atoms with Gasteiger partial charge in [-0.05, 0) is 32.0 Å². The molecule has 150 valence electrons. The van der Waals surface area contributed by atoms with Crippen LogP contribution in [0, 0.1) is 10.1 Å². The Morgan fingerprint density at radius 1 is 1.32 bits per heavy atom. The van der Waals surface area contributed by atoms with Gasteiger partial charge in [-0.1, -0.05) is 11.6 Å². The standard InChI is InChI=1S/C18H22ClN5O4/c1-21(10-11-25)13-6-8-22(9-7-13)16-12-20-23(18(26)17(16)19)14-2-4-15(5-3-14)24(27)28/h2-5,12-13,25H,6-11H2,1H3. The van der Waals surface area contributed by atoms with Crippen LogP contribution < -0.4 is 10.5 Å². The first-order chi connectivity index (χ1) is 13.4. The summed E-state index contributed by atoms with van der Waals surface area (Å²) < 4.78 is 1.14. The van der Waals surface area contributed by atoms with E-state index in [1.165, 1.54) is 24.3 Å². The van der Waals surface area contributed by atoms with Gasteiger partial charge in [0.2, 0.25) is 0 Å². The van der Waals surface area contributed by atoms with Gasteiger partial charge in [0.05, 0.1) is 29.1 Å². The van der Waals surface area contributed by atoms with Gasteiger partial charge >= 0.3 is 0 Å². The van der Waals surface area contributed by atoms with Crippen molar-refractivity contribution in [3.63, 3.8) is 0 Å². The van der Waals surface area contributed by atoms with Gasteiger partial charge in [-0.15, -0.1) is 0 Å². The Morgan fingerprint density at radius 3 is 2.54 bits per heavy atom. The molecule has 1 fully saturated rings. The molecule has 9 nitrogen and oxygen atoms in total. The van der Waals surface area contributed by atoms with E-state index in [1.807, 2.05) is 11.9 Å². The number of piperidine rings is 1. The second kappa shape index (κ2) is 8.68. The van der Waals surface area contributed by atoms with Crippen LogP contribution in [-0.4, -0.2) is 64.0 Å². The highest BCUT2D eigenvalue weighted by Crippen LogP contribution is 2.26. The average Bonchev–Trinajstić information content (AvgIpc) is 2.70. The number of halogens is 1. The molecule has 0 bridgehead atoms. The lowest BCUT2D eigenvalue weighted by Gasteiger charge is -2.37. The molecular weight excluding hydrogens is 386 g/mol. The third-order valence-electron chi connectivity index (χ3n) is 5.09. The fraction of sp³-hybridized carbons (Fsp3) is 0.444. The second-order valence-electron chi connectivity index (χ2n) is 6.76. The van der Waals surface area contributed by atoms with Crippen molar-refractivity contribution >= 4 is 23.0 Å². The van der Waals surface area contributed by atoms with E-state index < -0.39 is 10.5 Å². The van der Waals surface area contributed by atoms with E-state index in [0.717, 1.165) is 30.6 Å². The number of nitro benzene ring substituents is 1. The van der Waals surface area contributed by atoms with Crippen molar-refractivity contribution in [2.75, 3.05) is 38.2 Å². The topological polar surface area (TPSA) is 105 Å². The molecule has 0 unspecified atom stereocenters. The van der Waals surface area contributed by atoms with Crippen molar-refractivity contribution < 1.29 is 10.0 Å². The number of nitro groups is 1. The smallest absolute Gasteiger partial charge is 0.292 e. The van der Waals surface area contributed by atoms with E-state index in [2.05, 4.69) is 10.00 Å². The molecule has 28 heavy (non-hydrogen) atoms. The molecule has 2 aromatic rings. The number of likely N-dealkylation sites (N-methyl/N-ethyl adjacent to an activating group) is 1. The maximum atomic E-state index is 12.7. The number of nitrogens with zero attached hydrogens (tertiary/aromatic N) is 5. The molecule has 1 aliphatic heterocycles. The Morgan fingerprint density at radius 2 is 1.96 bits per heavy atom. The van der Waals surface area contributed by atoms with Crippen molar-refractivity contribution in [2.45, 2.75) is 18.9 Å². The number of hydrogen-bond donors (Lipinski definition) is 1.